The summed E-state index contributed by atoms with van der Waals surface area (Å²) < 4.78 is 34.4. The molecule has 2 aromatic heterocycles. The van der Waals surface area contributed by atoms with Crippen molar-refractivity contribution in [2.24, 2.45) is 0 Å². The number of hydrogen-bond donors (Lipinski definition) is 0. The Labute approximate surface area is 164 Å². The molecule has 2 heterocycles. The molecule has 29 heavy (non-hydrogen) atoms. The van der Waals surface area contributed by atoms with Crippen molar-refractivity contribution in [3.05, 3.63) is 90.0 Å². The van der Waals surface area contributed by atoms with E-state index in [9.17, 15) is 9.18 Å². The Kier molecular flexibility index (Phi) is 5.33. The van der Waals surface area contributed by atoms with E-state index in [4.69, 9.17) is 18.3 Å². The van der Waals surface area contributed by atoms with Gasteiger partial charge in [-0.3, -0.25) is 0 Å². The number of esters is 1. The number of aromatic nitrogens is 2. The van der Waals surface area contributed by atoms with E-state index in [-0.39, 0.29) is 30.7 Å². The van der Waals surface area contributed by atoms with Gasteiger partial charge in [0.1, 0.15) is 23.9 Å². The second kappa shape index (κ2) is 8.39. The van der Waals surface area contributed by atoms with Crippen molar-refractivity contribution >= 4 is 5.97 Å². The molecule has 4 aromatic rings. The summed E-state index contributed by atoms with van der Waals surface area (Å²) >= 11 is 0. The number of rotatable bonds is 7. The van der Waals surface area contributed by atoms with Crippen LogP contribution in [0.2, 0.25) is 0 Å². The second-order valence-corrected chi connectivity index (χ2v) is 5.95. The molecule has 0 radical (unpaired) electrons. The highest BCUT2D eigenvalue weighted by Crippen LogP contribution is 2.18. The summed E-state index contributed by atoms with van der Waals surface area (Å²) in [7, 11) is 0. The smallest absolute Gasteiger partial charge is 0.374 e. The van der Waals surface area contributed by atoms with Crippen LogP contribution in [0.3, 0.4) is 0 Å². The summed E-state index contributed by atoms with van der Waals surface area (Å²) in [5.74, 6) is 0.419. The molecule has 146 valence electrons. The molecule has 0 amide bonds. The van der Waals surface area contributed by atoms with Gasteiger partial charge in [0.05, 0.1) is 0 Å². The average Bonchev–Trinajstić information content (AvgIpc) is 3.42. The lowest BCUT2D eigenvalue weighted by atomic mass is 10.2. The third-order valence-corrected chi connectivity index (χ3v) is 3.87. The summed E-state index contributed by atoms with van der Waals surface area (Å²) in [6.45, 7) is -0.0935. The first-order valence-electron chi connectivity index (χ1n) is 8.69. The zero-order chi connectivity index (χ0) is 20.1. The number of benzene rings is 2. The predicted octanol–water partition coefficient (Wildman–Crippen LogP) is 4.40. The highest BCUT2D eigenvalue weighted by molar-refractivity contribution is 5.86. The summed E-state index contributed by atoms with van der Waals surface area (Å²) in [4.78, 5) is 12.1. The lowest BCUT2D eigenvalue weighted by molar-refractivity contribution is 0.0398. The van der Waals surface area contributed by atoms with E-state index in [1.54, 1.807) is 6.07 Å². The fraction of sp³-hybridized carbons (Fsp3) is 0.0952. The second-order valence-electron chi connectivity index (χ2n) is 5.95. The van der Waals surface area contributed by atoms with Crippen LogP contribution in [-0.4, -0.2) is 16.2 Å². The third kappa shape index (κ3) is 4.67. The lowest BCUT2D eigenvalue weighted by Gasteiger charge is -2.03. The number of carbonyl (C=O) groups is 1. The predicted molar refractivity (Wildman–Crippen MR) is 98.3 cm³/mol. The largest absolute Gasteiger partial charge is 0.486 e. The molecule has 0 aliphatic heterocycles. The van der Waals surface area contributed by atoms with E-state index in [2.05, 4.69) is 10.2 Å². The molecule has 8 heteroatoms. The van der Waals surface area contributed by atoms with Crippen molar-refractivity contribution in [2.45, 2.75) is 13.2 Å². The number of nitrogens with zero attached hydrogens (tertiary/aromatic N) is 2. The first-order chi connectivity index (χ1) is 14.2. The van der Waals surface area contributed by atoms with Gasteiger partial charge in [0.2, 0.25) is 11.7 Å². The molecule has 0 spiro atoms. The Morgan fingerprint density at radius 3 is 2.48 bits per heavy atom. The van der Waals surface area contributed by atoms with Crippen molar-refractivity contribution in [2.75, 3.05) is 0 Å². The van der Waals surface area contributed by atoms with Crippen LogP contribution >= 0.6 is 0 Å². The zero-order valence-electron chi connectivity index (χ0n) is 15.1. The van der Waals surface area contributed by atoms with Crippen LogP contribution in [0, 0.1) is 5.82 Å². The highest BCUT2D eigenvalue weighted by Gasteiger charge is 2.16. The summed E-state index contributed by atoms with van der Waals surface area (Å²) in [5, 5.41) is 7.79. The number of halogens is 1. The molecule has 0 fully saturated rings. The van der Waals surface area contributed by atoms with Gasteiger partial charge in [-0.1, -0.05) is 18.2 Å². The highest BCUT2D eigenvalue weighted by atomic mass is 19.1. The molecule has 0 atom stereocenters. The van der Waals surface area contributed by atoms with Crippen LogP contribution < -0.4 is 4.74 Å². The average molecular weight is 394 g/mol. The maximum Gasteiger partial charge on any atom is 0.374 e. The fourth-order valence-electron chi connectivity index (χ4n) is 2.46. The Morgan fingerprint density at radius 2 is 1.69 bits per heavy atom. The number of carbonyl (C=O) groups excluding carboxylic acids is 1. The van der Waals surface area contributed by atoms with E-state index in [1.807, 2.05) is 30.3 Å². The molecular weight excluding hydrogens is 379 g/mol. The van der Waals surface area contributed by atoms with Gasteiger partial charge in [-0.2, -0.15) is 0 Å². The fourth-order valence-corrected chi connectivity index (χ4v) is 2.46. The van der Waals surface area contributed by atoms with Crippen LogP contribution in [0.25, 0.3) is 11.5 Å². The van der Waals surface area contributed by atoms with E-state index in [0.29, 0.717) is 17.4 Å². The van der Waals surface area contributed by atoms with Gasteiger partial charge in [0.15, 0.2) is 6.61 Å². The SMILES string of the molecule is O=C(OCc1nnc(-c2ccccc2)o1)c1ccc(COc2ccc(F)cc2)o1. The van der Waals surface area contributed by atoms with Crippen LogP contribution in [0.1, 0.15) is 22.2 Å². The molecule has 0 N–H and O–H groups in total. The molecule has 0 saturated heterocycles. The quantitative estimate of drug-likeness (QED) is 0.429. The van der Waals surface area contributed by atoms with Gasteiger partial charge in [0, 0.05) is 5.56 Å². The molecular formula is C21H15FN2O5. The minimum atomic E-state index is -0.669. The Morgan fingerprint density at radius 1 is 0.897 bits per heavy atom. The Balaban J connectivity index is 1.30. The molecule has 4 rings (SSSR count). The number of furan rings is 1. The number of hydrogen-bond acceptors (Lipinski definition) is 7. The maximum absolute atomic E-state index is 12.9. The topological polar surface area (TPSA) is 87.6 Å². The molecule has 7 nitrogen and oxygen atoms in total. The molecule has 0 aliphatic rings. The van der Waals surface area contributed by atoms with Crippen molar-refractivity contribution in [3.8, 4) is 17.2 Å². The van der Waals surface area contributed by atoms with Gasteiger partial charge >= 0.3 is 5.97 Å². The first-order valence-corrected chi connectivity index (χ1v) is 8.69. The van der Waals surface area contributed by atoms with E-state index in [0.717, 1.165) is 5.56 Å². The first kappa shape index (κ1) is 18.4. The summed E-state index contributed by atoms with van der Waals surface area (Å²) in [6.07, 6.45) is 0. The van der Waals surface area contributed by atoms with Crippen molar-refractivity contribution in [1.82, 2.24) is 10.2 Å². The third-order valence-electron chi connectivity index (χ3n) is 3.87. The zero-order valence-corrected chi connectivity index (χ0v) is 15.1. The molecule has 0 bridgehead atoms. The van der Waals surface area contributed by atoms with Crippen LogP contribution in [0.4, 0.5) is 4.39 Å². The van der Waals surface area contributed by atoms with Gasteiger partial charge in [-0.15, -0.1) is 10.2 Å². The molecule has 0 unspecified atom stereocenters. The summed E-state index contributed by atoms with van der Waals surface area (Å²) in [6, 6.07) is 17.9. The van der Waals surface area contributed by atoms with Gasteiger partial charge in [-0.25, -0.2) is 9.18 Å². The summed E-state index contributed by atoms with van der Waals surface area (Å²) in [5.41, 5.74) is 0.773. The maximum atomic E-state index is 12.9. The normalized spacial score (nSPS) is 10.7. The van der Waals surface area contributed by atoms with E-state index >= 15 is 0 Å². The molecule has 0 aliphatic carbocycles. The van der Waals surface area contributed by atoms with Gasteiger partial charge < -0.3 is 18.3 Å². The molecule has 2 aromatic carbocycles. The molecule has 0 saturated carbocycles. The monoisotopic (exact) mass is 394 g/mol. The minimum Gasteiger partial charge on any atom is -0.486 e. The van der Waals surface area contributed by atoms with Crippen molar-refractivity contribution < 1.29 is 27.5 Å². The standard InChI is InChI=1S/C21H15FN2O5/c22-15-6-8-16(9-7-15)26-12-17-10-11-18(28-17)21(25)27-13-19-23-24-20(29-19)14-4-2-1-3-5-14/h1-11H,12-13H2. The minimum absolute atomic E-state index is 0.0190. The Hall–Kier alpha value is -3.94. The Bertz CT molecular complexity index is 1090. The van der Waals surface area contributed by atoms with Crippen LogP contribution in [-0.2, 0) is 18.0 Å². The van der Waals surface area contributed by atoms with Crippen LogP contribution in [0.5, 0.6) is 5.75 Å². The lowest BCUT2D eigenvalue weighted by Crippen LogP contribution is -2.04. The number of ether oxygens (including phenoxy) is 2. The van der Waals surface area contributed by atoms with Crippen LogP contribution in [0.15, 0.2) is 75.6 Å². The van der Waals surface area contributed by atoms with Crippen molar-refractivity contribution in [3.63, 3.8) is 0 Å². The van der Waals surface area contributed by atoms with E-state index in [1.165, 1.54) is 30.3 Å². The van der Waals surface area contributed by atoms with E-state index < -0.39 is 5.97 Å². The van der Waals surface area contributed by atoms with Crippen molar-refractivity contribution in [1.29, 1.82) is 0 Å². The van der Waals surface area contributed by atoms with Gasteiger partial charge in [-0.05, 0) is 48.5 Å². The van der Waals surface area contributed by atoms with Gasteiger partial charge in [0.25, 0.3) is 5.89 Å².